The summed E-state index contributed by atoms with van der Waals surface area (Å²) >= 11 is 0. The predicted molar refractivity (Wildman–Crippen MR) is 37.8 cm³/mol. The van der Waals surface area contributed by atoms with E-state index in [-0.39, 0.29) is 6.10 Å². The first-order valence-electron chi connectivity index (χ1n) is 3.32. The van der Waals surface area contributed by atoms with E-state index in [0.29, 0.717) is 18.6 Å². The van der Waals surface area contributed by atoms with Gasteiger partial charge in [-0.15, -0.1) is 0 Å². The fourth-order valence-electron chi connectivity index (χ4n) is 0.673. The van der Waals surface area contributed by atoms with Crippen LogP contribution in [0.2, 0.25) is 0 Å². The summed E-state index contributed by atoms with van der Waals surface area (Å²) in [6.45, 7) is 0.646. The van der Waals surface area contributed by atoms with Crippen LogP contribution < -0.4 is 0 Å². The van der Waals surface area contributed by atoms with E-state index in [9.17, 15) is 4.46 Å². The van der Waals surface area contributed by atoms with Crippen LogP contribution in [0.4, 0.5) is 0 Å². The van der Waals surface area contributed by atoms with Crippen LogP contribution in [0.25, 0.3) is 0 Å². The minimum Gasteiger partial charge on any atom is -0.511 e. The van der Waals surface area contributed by atoms with Crippen LogP contribution in [-0.4, -0.2) is 26.7 Å². The molecule has 1 unspecified atom stereocenters. The lowest BCUT2D eigenvalue weighted by molar-refractivity contribution is 0.303. The lowest BCUT2D eigenvalue weighted by atomic mass is 10.2. The molecule has 0 aromatic heterocycles. The molecule has 1 aliphatic rings. The summed E-state index contributed by atoms with van der Waals surface area (Å²) in [5, 5.41) is 8.49. The molecular formula is C6H7NO4Si. The summed E-state index contributed by atoms with van der Waals surface area (Å²) in [6, 6.07) is 1.85. The molecule has 1 heterocycles. The second-order valence-corrected chi connectivity index (χ2v) is 3.07. The van der Waals surface area contributed by atoms with Crippen molar-refractivity contribution in [3.63, 3.8) is 0 Å². The number of rotatable bonds is 4. The highest BCUT2D eigenvalue weighted by Crippen LogP contribution is 2.18. The summed E-state index contributed by atoms with van der Waals surface area (Å²) in [5.41, 5.74) is 0.324. The van der Waals surface area contributed by atoms with Gasteiger partial charge in [0.15, 0.2) is 0 Å². The zero-order chi connectivity index (χ0) is 8.97. The molecule has 1 saturated heterocycles. The van der Waals surface area contributed by atoms with Gasteiger partial charge < -0.3 is 14.0 Å². The van der Waals surface area contributed by atoms with E-state index >= 15 is 0 Å². The smallest absolute Gasteiger partial charge is 0.511 e. The molecule has 0 amide bonds. The van der Waals surface area contributed by atoms with Crippen molar-refractivity contribution in [3.05, 3.63) is 11.8 Å². The van der Waals surface area contributed by atoms with Crippen LogP contribution in [0.3, 0.4) is 0 Å². The molecule has 0 bridgehead atoms. The zero-order valence-electron chi connectivity index (χ0n) is 6.19. The predicted octanol–water partition coefficient (Wildman–Crippen LogP) is -0.393. The fourth-order valence-corrected chi connectivity index (χ4v) is 0.916. The molecule has 5 nitrogen and oxygen atoms in total. The quantitative estimate of drug-likeness (QED) is 0.279. The van der Waals surface area contributed by atoms with E-state index in [2.05, 4.69) is 4.43 Å². The van der Waals surface area contributed by atoms with E-state index in [1.54, 1.807) is 0 Å². The normalized spacial score (nSPS) is 21.2. The van der Waals surface area contributed by atoms with E-state index in [4.69, 9.17) is 14.8 Å². The van der Waals surface area contributed by atoms with Crippen molar-refractivity contribution in [3.8, 4) is 6.07 Å². The third kappa shape index (κ3) is 3.27. The van der Waals surface area contributed by atoms with Crippen molar-refractivity contribution in [2.45, 2.75) is 12.5 Å². The largest absolute Gasteiger partial charge is 0.769 e. The summed E-state index contributed by atoms with van der Waals surface area (Å²) in [5.74, 6) is 0. The average Bonchev–Trinajstić information content (AvgIpc) is 2.81. The Morgan fingerprint density at radius 2 is 2.67 bits per heavy atom. The maximum Gasteiger partial charge on any atom is 0.769 e. The third-order valence-electron chi connectivity index (χ3n) is 1.30. The number of nitriles is 1. The number of ether oxygens (including phenoxy) is 1. The van der Waals surface area contributed by atoms with Gasteiger partial charge in [0.2, 0.25) is 0 Å². The second-order valence-electron chi connectivity index (χ2n) is 2.30. The van der Waals surface area contributed by atoms with Gasteiger partial charge >= 0.3 is 9.17 Å². The number of nitrogens with zero attached hydrogens (tertiary/aromatic N) is 1. The van der Waals surface area contributed by atoms with Crippen molar-refractivity contribution in [2.24, 2.45) is 0 Å². The van der Waals surface area contributed by atoms with Crippen LogP contribution in [0, 0.1) is 11.3 Å². The Hall–Kier alpha value is -1.19. The van der Waals surface area contributed by atoms with E-state index in [1.807, 2.05) is 6.07 Å². The highest BCUT2D eigenvalue weighted by Gasteiger charge is 2.24. The molecule has 1 fully saturated rings. The molecule has 1 atom stereocenters. The Morgan fingerprint density at radius 1 is 2.00 bits per heavy atom. The first kappa shape index (κ1) is 8.90. The van der Waals surface area contributed by atoms with Gasteiger partial charge in [-0.3, -0.25) is 4.46 Å². The molecule has 0 radical (unpaired) electrons. The van der Waals surface area contributed by atoms with Gasteiger partial charge in [0, 0.05) is 6.42 Å². The van der Waals surface area contributed by atoms with Gasteiger partial charge in [-0.05, 0) is 0 Å². The van der Waals surface area contributed by atoms with Crippen molar-refractivity contribution in [1.29, 1.82) is 5.26 Å². The molecule has 0 spiro atoms. The van der Waals surface area contributed by atoms with Gasteiger partial charge in [-0.2, -0.15) is 5.26 Å². The van der Waals surface area contributed by atoms with Crippen molar-refractivity contribution in [1.82, 2.24) is 0 Å². The van der Waals surface area contributed by atoms with Crippen LogP contribution in [0.5, 0.6) is 0 Å². The highest BCUT2D eigenvalue weighted by molar-refractivity contribution is 6.24. The van der Waals surface area contributed by atoms with Crippen molar-refractivity contribution >= 4 is 9.17 Å². The maximum absolute atomic E-state index is 10.1. The molecule has 0 aromatic rings. The van der Waals surface area contributed by atoms with Gasteiger partial charge in [-0.25, -0.2) is 0 Å². The molecule has 0 saturated carbocycles. The average molecular weight is 185 g/mol. The molecule has 64 valence electrons. The summed E-state index contributed by atoms with van der Waals surface area (Å²) in [7, 11) is -2.97. The SMILES string of the molecule is N#CC(=CO[Si](=O)O)CC1CO1. The molecule has 1 N–H and O–H groups in total. The standard InChI is InChI=1S/C6H7NO4Si/c7-2-5(1-6-4-10-6)3-11-12(8)9/h3,6,8H,1,4H2. The monoisotopic (exact) mass is 185 g/mol. The van der Waals surface area contributed by atoms with E-state index in [1.165, 1.54) is 0 Å². The zero-order valence-corrected chi connectivity index (χ0v) is 7.19. The minimum absolute atomic E-state index is 0.0838. The first-order valence-corrected chi connectivity index (χ1v) is 4.59. The summed E-state index contributed by atoms with van der Waals surface area (Å²) in [6.07, 6.45) is 1.55. The summed E-state index contributed by atoms with van der Waals surface area (Å²) < 4.78 is 19.3. The van der Waals surface area contributed by atoms with Gasteiger partial charge in [0.05, 0.1) is 30.6 Å². The second kappa shape index (κ2) is 3.99. The first-order chi connectivity index (χ1) is 5.72. The van der Waals surface area contributed by atoms with Crippen molar-refractivity contribution < 1.29 is 18.4 Å². The Morgan fingerprint density at radius 3 is 3.08 bits per heavy atom. The lowest BCUT2D eigenvalue weighted by Crippen LogP contribution is -2.00. The molecule has 1 rings (SSSR count). The van der Waals surface area contributed by atoms with Crippen LogP contribution in [0.15, 0.2) is 11.8 Å². The van der Waals surface area contributed by atoms with Gasteiger partial charge in [0.1, 0.15) is 0 Å². The van der Waals surface area contributed by atoms with E-state index in [0.717, 1.165) is 6.26 Å². The minimum atomic E-state index is -2.97. The topological polar surface area (TPSA) is 82.8 Å². The highest BCUT2D eigenvalue weighted by atomic mass is 28.3. The van der Waals surface area contributed by atoms with Crippen LogP contribution in [0.1, 0.15) is 6.42 Å². The Bertz CT molecular complexity index is 253. The van der Waals surface area contributed by atoms with Gasteiger partial charge in [0.25, 0.3) is 0 Å². The molecular weight excluding hydrogens is 178 g/mol. The van der Waals surface area contributed by atoms with Gasteiger partial charge in [-0.1, -0.05) is 0 Å². The third-order valence-corrected chi connectivity index (χ3v) is 1.62. The molecule has 12 heavy (non-hydrogen) atoms. The molecule has 0 aromatic carbocycles. The lowest BCUT2D eigenvalue weighted by Gasteiger charge is -1.92. The van der Waals surface area contributed by atoms with E-state index < -0.39 is 9.17 Å². The number of hydrogen-bond donors (Lipinski definition) is 1. The van der Waals surface area contributed by atoms with Crippen LogP contribution in [-0.2, 0) is 13.6 Å². The molecule has 6 heteroatoms. The Kier molecular flexibility index (Phi) is 2.96. The maximum atomic E-state index is 10.1. The number of hydrogen-bond acceptors (Lipinski definition) is 4. The molecule has 0 aliphatic carbocycles. The Balaban J connectivity index is 2.37. The summed E-state index contributed by atoms with van der Waals surface area (Å²) in [4.78, 5) is 8.29. The van der Waals surface area contributed by atoms with Crippen molar-refractivity contribution in [2.75, 3.05) is 6.61 Å². The van der Waals surface area contributed by atoms with Crippen LogP contribution >= 0.6 is 0 Å². The fraction of sp³-hybridized carbons (Fsp3) is 0.500. The molecule has 1 aliphatic heterocycles. The Labute approximate surface area is 70.7 Å². The number of epoxide rings is 1.